The van der Waals surface area contributed by atoms with E-state index in [9.17, 15) is 14.4 Å². The lowest BCUT2D eigenvalue weighted by Gasteiger charge is -2.36. The molecule has 2 rings (SSSR count). The van der Waals surface area contributed by atoms with Crippen molar-refractivity contribution in [2.24, 2.45) is 0 Å². The Labute approximate surface area is 131 Å². The number of piperazine rings is 1. The van der Waals surface area contributed by atoms with E-state index < -0.39 is 17.9 Å². The van der Waals surface area contributed by atoms with Crippen molar-refractivity contribution in [1.29, 1.82) is 0 Å². The Balaban J connectivity index is 1.85. The number of rotatable bonds is 3. The van der Waals surface area contributed by atoms with Crippen LogP contribution in [-0.4, -0.2) is 84.9 Å². The third kappa shape index (κ3) is 3.58. The first-order chi connectivity index (χ1) is 10.6. The van der Waals surface area contributed by atoms with Crippen molar-refractivity contribution < 1.29 is 19.1 Å². The number of carbonyl (C=O) groups excluding carboxylic acids is 3. The van der Waals surface area contributed by atoms with Crippen molar-refractivity contribution in [3.05, 3.63) is 0 Å². The van der Waals surface area contributed by atoms with Crippen LogP contribution in [0.4, 0.5) is 0 Å². The summed E-state index contributed by atoms with van der Waals surface area (Å²) in [5.74, 6) is -0.878. The second kappa shape index (κ2) is 7.58. The average Bonchev–Trinajstić information content (AvgIpc) is 3.09. The number of ether oxygens (including phenoxy) is 1. The average molecular weight is 311 g/mol. The van der Waals surface area contributed by atoms with E-state index in [2.05, 4.69) is 0 Å². The van der Waals surface area contributed by atoms with Crippen LogP contribution >= 0.6 is 0 Å². The van der Waals surface area contributed by atoms with Crippen LogP contribution < -0.4 is 0 Å². The number of hydrogen-bond donors (Lipinski definition) is 0. The first-order valence-electron chi connectivity index (χ1n) is 7.98. The lowest BCUT2D eigenvalue weighted by atomic mass is 10.2. The molecule has 0 radical (unpaired) electrons. The minimum atomic E-state index is -0.437. The summed E-state index contributed by atoms with van der Waals surface area (Å²) < 4.78 is 5.16. The fourth-order valence-electron chi connectivity index (χ4n) is 2.97. The lowest BCUT2D eigenvalue weighted by molar-refractivity contribution is -0.154. The molecule has 3 amide bonds. The third-order valence-corrected chi connectivity index (χ3v) is 4.39. The van der Waals surface area contributed by atoms with Crippen molar-refractivity contribution in [2.45, 2.75) is 32.3 Å². The largest absolute Gasteiger partial charge is 0.372 e. The van der Waals surface area contributed by atoms with E-state index in [0.29, 0.717) is 45.7 Å². The second-order valence-electron chi connectivity index (χ2n) is 5.75. The molecular weight excluding hydrogens is 286 g/mol. The quantitative estimate of drug-likeness (QED) is 0.671. The van der Waals surface area contributed by atoms with Crippen LogP contribution in [0.1, 0.15) is 26.2 Å². The Morgan fingerprint density at radius 1 is 0.864 bits per heavy atom. The highest BCUT2D eigenvalue weighted by atomic mass is 16.5. The van der Waals surface area contributed by atoms with Crippen LogP contribution in [0.25, 0.3) is 0 Å². The molecule has 2 fully saturated rings. The molecule has 0 aromatic rings. The lowest BCUT2D eigenvalue weighted by Crippen LogP contribution is -2.55. The number of hydrogen-bond acceptors (Lipinski definition) is 4. The topological polar surface area (TPSA) is 70.2 Å². The van der Waals surface area contributed by atoms with Gasteiger partial charge in [-0.2, -0.15) is 0 Å². The van der Waals surface area contributed by atoms with Crippen LogP contribution in [0.2, 0.25) is 0 Å². The maximum Gasteiger partial charge on any atom is 0.312 e. The zero-order chi connectivity index (χ0) is 16.1. The highest BCUT2D eigenvalue weighted by molar-refractivity contribution is 6.35. The minimum absolute atomic E-state index is 0.0389. The molecule has 2 heterocycles. The molecule has 0 aromatic carbocycles. The minimum Gasteiger partial charge on any atom is -0.372 e. The first kappa shape index (κ1) is 16.7. The van der Waals surface area contributed by atoms with Gasteiger partial charge in [-0.25, -0.2) is 0 Å². The molecule has 2 saturated heterocycles. The molecule has 22 heavy (non-hydrogen) atoms. The Kier molecular flexibility index (Phi) is 5.76. The summed E-state index contributed by atoms with van der Waals surface area (Å²) in [5, 5.41) is 0. The zero-order valence-electron chi connectivity index (χ0n) is 13.4. The van der Waals surface area contributed by atoms with Gasteiger partial charge in [0.05, 0.1) is 0 Å². The van der Waals surface area contributed by atoms with Gasteiger partial charge in [-0.3, -0.25) is 14.4 Å². The molecule has 7 nitrogen and oxygen atoms in total. The van der Waals surface area contributed by atoms with Crippen LogP contribution in [0.3, 0.4) is 0 Å². The first-order valence-corrected chi connectivity index (χ1v) is 7.98. The van der Waals surface area contributed by atoms with Crippen molar-refractivity contribution in [2.75, 3.05) is 46.4 Å². The van der Waals surface area contributed by atoms with Gasteiger partial charge in [0, 0.05) is 46.4 Å². The van der Waals surface area contributed by atoms with E-state index in [0.717, 1.165) is 12.8 Å². The monoisotopic (exact) mass is 311 g/mol. The molecule has 124 valence electrons. The number of likely N-dealkylation sites (tertiary alicyclic amines) is 1. The molecule has 0 aromatic heterocycles. The van der Waals surface area contributed by atoms with Crippen LogP contribution in [-0.2, 0) is 19.1 Å². The number of methoxy groups -OCH3 is 1. The molecule has 2 aliphatic heterocycles. The van der Waals surface area contributed by atoms with E-state index in [4.69, 9.17) is 4.74 Å². The van der Waals surface area contributed by atoms with Crippen LogP contribution in [0.15, 0.2) is 0 Å². The second-order valence-corrected chi connectivity index (χ2v) is 5.75. The fraction of sp³-hybridized carbons (Fsp3) is 0.800. The van der Waals surface area contributed by atoms with Crippen molar-refractivity contribution >= 4 is 17.7 Å². The van der Waals surface area contributed by atoms with E-state index in [-0.39, 0.29) is 5.91 Å². The summed E-state index contributed by atoms with van der Waals surface area (Å²) in [6.45, 7) is 4.98. The predicted molar refractivity (Wildman–Crippen MR) is 80.1 cm³/mol. The number of nitrogens with zero attached hydrogens (tertiary/aromatic N) is 3. The Morgan fingerprint density at radius 2 is 1.32 bits per heavy atom. The fourth-order valence-corrected chi connectivity index (χ4v) is 2.97. The van der Waals surface area contributed by atoms with Gasteiger partial charge in [0.15, 0.2) is 0 Å². The molecule has 2 aliphatic rings. The SMILES string of the molecule is CCC(OC)C(=O)N1CCN(C(=O)C(=O)N2CCCC2)CC1. The van der Waals surface area contributed by atoms with Crippen molar-refractivity contribution in [1.82, 2.24) is 14.7 Å². The van der Waals surface area contributed by atoms with Gasteiger partial charge >= 0.3 is 11.8 Å². The van der Waals surface area contributed by atoms with Crippen molar-refractivity contribution in [3.8, 4) is 0 Å². The maximum absolute atomic E-state index is 12.2. The van der Waals surface area contributed by atoms with Gasteiger partial charge < -0.3 is 19.4 Å². The normalized spacial score (nSPS) is 20.2. The van der Waals surface area contributed by atoms with Gasteiger partial charge in [-0.15, -0.1) is 0 Å². The summed E-state index contributed by atoms with van der Waals surface area (Å²) in [6, 6.07) is 0. The molecular formula is C15H25N3O4. The summed E-state index contributed by atoms with van der Waals surface area (Å²) >= 11 is 0. The summed E-state index contributed by atoms with van der Waals surface area (Å²) in [6.07, 6.45) is 2.14. The van der Waals surface area contributed by atoms with Gasteiger partial charge in [0.2, 0.25) is 0 Å². The Hall–Kier alpha value is -1.63. The predicted octanol–water partition coefficient (Wildman–Crippen LogP) is -0.295. The molecule has 0 aliphatic carbocycles. The van der Waals surface area contributed by atoms with E-state index in [1.54, 1.807) is 14.7 Å². The summed E-state index contributed by atoms with van der Waals surface area (Å²) in [4.78, 5) is 41.4. The van der Waals surface area contributed by atoms with Gasteiger partial charge in [0.1, 0.15) is 6.10 Å². The smallest absolute Gasteiger partial charge is 0.312 e. The van der Waals surface area contributed by atoms with E-state index in [1.165, 1.54) is 7.11 Å². The Bertz CT molecular complexity index is 423. The highest BCUT2D eigenvalue weighted by Crippen LogP contribution is 2.11. The van der Waals surface area contributed by atoms with Gasteiger partial charge in [-0.05, 0) is 19.3 Å². The summed E-state index contributed by atoms with van der Waals surface area (Å²) in [5.41, 5.74) is 0. The summed E-state index contributed by atoms with van der Waals surface area (Å²) in [7, 11) is 1.53. The van der Waals surface area contributed by atoms with Crippen LogP contribution in [0.5, 0.6) is 0 Å². The molecule has 0 N–H and O–H groups in total. The van der Waals surface area contributed by atoms with Crippen molar-refractivity contribution in [3.63, 3.8) is 0 Å². The molecule has 0 saturated carbocycles. The Morgan fingerprint density at radius 3 is 1.77 bits per heavy atom. The maximum atomic E-state index is 12.2. The number of carbonyl (C=O) groups is 3. The van der Waals surface area contributed by atoms with E-state index >= 15 is 0 Å². The standard InChI is InChI=1S/C15H25N3O4/c1-3-12(22-2)13(19)17-8-10-18(11-9-17)15(21)14(20)16-6-4-5-7-16/h12H,3-11H2,1-2H3. The molecule has 7 heteroatoms. The van der Waals surface area contributed by atoms with Gasteiger partial charge in [-0.1, -0.05) is 6.92 Å². The molecule has 0 spiro atoms. The third-order valence-electron chi connectivity index (χ3n) is 4.39. The zero-order valence-corrected chi connectivity index (χ0v) is 13.4. The molecule has 0 bridgehead atoms. The molecule has 1 unspecified atom stereocenters. The van der Waals surface area contributed by atoms with Gasteiger partial charge in [0.25, 0.3) is 5.91 Å². The number of amides is 3. The highest BCUT2D eigenvalue weighted by Gasteiger charge is 2.32. The molecule has 1 atom stereocenters. The van der Waals surface area contributed by atoms with Crippen LogP contribution in [0, 0.1) is 0 Å². The van der Waals surface area contributed by atoms with E-state index in [1.807, 2.05) is 6.92 Å².